The van der Waals surface area contributed by atoms with Crippen molar-refractivity contribution in [3.05, 3.63) is 59.2 Å². The Kier molecular flexibility index (Phi) is 4.51. The van der Waals surface area contributed by atoms with Gasteiger partial charge in [-0.1, -0.05) is 23.8 Å². The number of nitrogens with one attached hydrogen (secondary N) is 1. The van der Waals surface area contributed by atoms with Crippen molar-refractivity contribution in [2.75, 3.05) is 5.73 Å². The van der Waals surface area contributed by atoms with Crippen molar-refractivity contribution >= 4 is 21.4 Å². The quantitative estimate of drug-likeness (QED) is 0.516. The lowest BCUT2D eigenvalue weighted by molar-refractivity contribution is 0.584. The Bertz CT molecular complexity index is 810. The van der Waals surface area contributed by atoms with E-state index in [0.29, 0.717) is 11.4 Å². The molecule has 0 aliphatic heterocycles. The summed E-state index contributed by atoms with van der Waals surface area (Å²) in [6.07, 6.45) is 0. The van der Waals surface area contributed by atoms with E-state index in [0.717, 1.165) is 16.7 Å². The summed E-state index contributed by atoms with van der Waals surface area (Å²) in [4.78, 5) is 2.38. The number of nitrogens with zero attached hydrogens (tertiary/aromatic N) is 1. The van der Waals surface area contributed by atoms with Gasteiger partial charge < -0.3 is 5.73 Å². The smallest absolute Gasteiger partial charge is 0.276 e. The standard InChI is InChI=1S/C16H19N3O2S/c1-11-4-9-16(12(2)10-11)13(3)18-19-22(20,21)15-7-5-14(17)6-8-15/h4-10,19H,17H2,1-3H3. The molecule has 0 aromatic heterocycles. The highest BCUT2D eigenvalue weighted by molar-refractivity contribution is 7.89. The van der Waals surface area contributed by atoms with Crippen LogP contribution in [0.3, 0.4) is 0 Å². The van der Waals surface area contributed by atoms with Gasteiger partial charge >= 0.3 is 0 Å². The molecule has 2 rings (SSSR count). The molecule has 6 heteroatoms. The maximum Gasteiger partial charge on any atom is 0.276 e. The van der Waals surface area contributed by atoms with Crippen LogP contribution in [0, 0.1) is 13.8 Å². The molecule has 2 aromatic rings. The van der Waals surface area contributed by atoms with Crippen molar-refractivity contribution in [2.24, 2.45) is 5.10 Å². The van der Waals surface area contributed by atoms with Gasteiger partial charge in [0.15, 0.2) is 0 Å². The molecule has 0 aliphatic rings. The lowest BCUT2D eigenvalue weighted by Crippen LogP contribution is -2.20. The second kappa shape index (κ2) is 6.19. The SMILES string of the molecule is CC(=NNS(=O)(=O)c1ccc(N)cc1)c1ccc(C)cc1C. The van der Waals surface area contributed by atoms with Gasteiger partial charge in [0.1, 0.15) is 0 Å². The second-order valence-electron chi connectivity index (χ2n) is 5.18. The summed E-state index contributed by atoms with van der Waals surface area (Å²) in [6, 6.07) is 11.9. The topological polar surface area (TPSA) is 84.5 Å². The minimum atomic E-state index is -3.69. The molecule has 0 saturated heterocycles. The molecule has 0 spiro atoms. The van der Waals surface area contributed by atoms with Crippen molar-refractivity contribution < 1.29 is 8.42 Å². The Morgan fingerprint density at radius 3 is 2.32 bits per heavy atom. The summed E-state index contributed by atoms with van der Waals surface area (Å²) in [5.41, 5.74) is 9.78. The van der Waals surface area contributed by atoms with Crippen molar-refractivity contribution in [3.63, 3.8) is 0 Å². The van der Waals surface area contributed by atoms with Gasteiger partial charge in [-0.15, -0.1) is 0 Å². The highest BCUT2D eigenvalue weighted by Crippen LogP contribution is 2.13. The van der Waals surface area contributed by atoms with Crippen LogP contribution < -0.4 is 10.6 Å². The van der Waals surface area contributed by atoms with Crippen LogP contribution >= 0.6 is 0 Å². The number of rotatable bonds is 4. The minimum absolute atomic E-state index is 0.124. The van der Waals surface area contributed by atoms with Gasteiger partial charge in [-0.3, -0.25) is 0 Å². The van der Waals surface area contributed by atoms with Gasteiger partial charge in [-0.2, -0.15) is 18.4 Å². The zero-order valence-corrected chi connectivity index (χ0v) is 13.6. The Morgan fingerprint density at radius 1 is 1.09 bits per heavy atom. The molecular weight excluding hydrogens is 298 g/mol. The van der Waals surface area contributed by atoms with Crippen LogP contribution in [0.25, 0.3) is 0 Å². The van der Waals surface area contributed by atoms with E-state index in [4.69, 9.17) is 5.73 Å². The maximum absolute atomic E-state index is 12.2. The summed E-state index contributed by atoms with van der Waals surface area (Å²) in [7, 11) is -3.69. The van der Waals surface area contributed by atoms with Crippen molar-refractivity contribution in [1.82, 2.24) is 4.83 Å². The number of hydrogen-bond donors (Lipinski definition) is 2. The maximum atomic E-state index is 12.2. The third-order valence-corrected chi connectivity index (χ3v) is 4.52. The molecule has 0 radical (unpaired) electrons. The molecule has 0 fully saturated rings. The zero-order chi connectivity index (χ0) is 16.3. The predicted molar refractivity (Wildman–Crippen MR) is 89.3 cm³/mol. The number of aryl methyl sites for hydroxylation is 2. The molecule has 22 heavy (non-hydrogen) atoms. The van der Waals surface area contributed by atoms with Crippen LogP contribution in [0.15, 0.2) is 52.5 Å². The van der Waals surface area contributed by atoms with Crippen LogP contribution in [0.4, 0.5) is 5.69 Å². The van der Waals surface area contributed by atoms with E-state index in [1.54, 1.807) is 6.92 Å². The number of sulfonamides is 1. The number of anilines is 1. The number of nitrogens with two attached hydrogens (primary N) is 1. The van der Waals surface area contributed by atoms with Gasteiger partial charge in [0.2, 0.25) is 0 Å². The van der Waals surface area contributed by atoms with Gasteiger partial charge in [0.05, 0.1) is 10.6 Å². The van der Waals surface area contributed by atoms with Crippen molar-refractivity contribution in [2.45, 2.75) is 25.7 Å². The first kappa shape index (κ1) is 16.0. The molecule has 0 amide bonds. The third-order valence-electron chi connectivity index (χ3n) is 3.30. The van der Waals surface area contributed by atoms with Crippen LogP contribution in [0.1, 0.15) is 23.6 Å². The molecule has 5 nitrogen and oxygen atoms in total. The van der Waals surface area contributed by atoms with Crippen LogP contribution in [0.2, 0.25) is 0 Å². The first-order valence-corrected chi connectivity index (χ1v) is 8.27. The Morgan fingerprint density at radius 2 is 1.73 bits per heavy atom. The molecule has 3 N–H and O–H groups in total. The predicted octanol–water partition coefficient (Wildman–Crippen LogP) is 2.59. The molecule has 0 atom stereocenters. The number of benzene rings is 2. The summed E-state index contributed by atoms with van der Waals surface area (Å²) in [5, 5.41) is 4.00. The fourth-order valence-corrected chi connectivity index (χ4v) is 2.96. The third kappa shape index (κ3) is 3.65. The minimum Gasteiger partial charge on any atom is -0.399 e. The highest BCUT2D eigenvalue weighted by Gasteiger charge is 2.13. The average Bonchev–Trinajstić information content (AvgIpc) is 2.45. The lowest BCUT2D eigenvalue weighted by atomic mass is 10.0. The van der Waals surface area contributed by atoms with Gasteiger partial charge in [-0.25, -0.2) is 0 Å². The number of nitrogen functional groups attached to an aromatic ring is 1. The fourth-order valence-electron chi connectivity index (χ4n) is 2.11. The summed E-state index contributed by atoms with van der Waals surface area (Å²) < 4.78 is 24.3. The summed E-state index contributed by atoms with van der Waals surface area (Å²) in [6.45, 7) is 5.74. The second-order valence-corrected chi connectivity index (χ2v) is 6.84. The number of hydrogen-bond acceptors (Lipinski definition) is 4. The van der Waals surface area contributed by atoms with E-state index in [1.807, 2.05) is 32.0 Å². The molecular formula is C16H19N3O2S. The monoisotopic (exact) mass is 317 g/mol. The van der Waals surface area contributed by atoms with Crippen molar-refractivity contribution in [1.29, 1.82) is 0 Å². The van der Waals surface area contributed by atoms with Gasteiger partial charge in [0, 0.05) is 11.3 Å². The molecule has 0 aliphatic carbocycles. The average molecular weight is 317 g/mol. The largest absolute Gasteiger partial charge is 0.399 e. The van der Waals surface area contributed by atoms with Crippen LogP contribution in [-0.2, 0) is 10.0 Å². The highest BCUT2D eigenvalue weighted by atomic mass is 32.2. The van der Waals surface area contributed by atoms with E-state index in [9.17, 15) is 8.42 Å². The lowest BCUT2D eigenvalue weighted by Gasteiger charge is -2.08. The fraction of sp³-hybridized carbons (Fsp3) is 0.188. The summed E-state index contributed by atoms with van der Waals surface area (Å²) in [5.74, 6) is 0. The summed E-state index contributed by atoms with van der Waals surface area (Å²) >= 11 is 0. The van der Waals surface area contributed by atoms with E-state index >= 15 is 0 Å². The van der Waals surface area contributed by atoms with E-state index < -0.39 is 10.0 Å². The van der Waals surface area contributed by atoms with E-state index in [2.05, 4.69) is 9.93 Å². The molecule has 116 valence electrons. The molecule has 0 saturated carbocycles. The van der Waals surface area contributed by atoms with Crippen molar-refractivity contribution in [3.8, 4) is 0 Å². The van der Waals surface area contributed by atoms with Gasteiger partial charge in [-0.05, 0) is 50.6 Å². The van der Waals surface area contributed by atoms with Crippen LogP contribution in [-0.4, -0.2) is 14.1 Å². The first-order chi connectivity index (χ1) is 10.3. The molecule has 0 heterocycles. The molecule has 2 aromatic carbocycles. The molecule has 0 unspecified atom stereocenters. The van der Waals surface area contributed by atoms with E-state index in [1.165, 1.54) is 24.3 Å². The first-order valence-electron chi connectivity index (χ1n) is 6.79. The Labute approximate surface area is 130 Å². The Hall–Kier alpha value is -2.34. The Balaban J connectivity index is 2.24. The van der Waals surface area contributed by atoms with E-state index in [-0.39, 0.29) is 4.90 Å². The van der Waals surface area contributed by atoms with Gasteiger partial charge in [0.25, 0.3) is 10.0 Å². The number of hydrazone groups is 1. The van der Waals surface area contributed by atoms with Crippen LogP contribution in [0.5, 0.6) is 0 Å². The molecule has 0 bridgehead atoms. The normalized spacial score (nSPS) is 12.2. The zero-order valence-electron chi connectivity index (χ0n) is 12.8.